The normalized spacial score (nSPS) is 12.4. The zero-order valence-electron chi connectivity index (χ0n) is 10.2. The molecule has 0 aromatic heterocycles. The van der Waals surface area contributed by atoms with Gasteiger partial charge >= 0.3 is 0 Å². The minimum atomic E-state index is -0.0762. The van der Waals surface area contributed by atoms with Gasteiger partial charge in [-0.2, -0.15) is 0 Å². The summed E-state index contributed by atoms with van der Waals surface area (Å²) in [5, 5.41) is 2.13. The molecule has 2 aromatic rings. The van der Waals surface area contributed by atoms with Gasteiger partial charge in [0.15, 0.2) is 0 Å². The first-order valence-electron chi connectivity index (χ1n) is 5.87. The molecule has 2 rings (SSSR count). The zero-order chi connectivity index (χ0) is 13.7. The van der Waals surface area contributed by atoms with Gasteiger partial charge in [0, 0.05) is 20.9 Å². The van der Waals surface area contributed by atoms with E-state index in [0.717, 1.165) is 16.1 Å². The van der Waals surface area contributed by atoms with Crippen LogP contribution in [0.1, 0.15) is 17.2 Å². The van der Waals surface area contributed by atoms with Crippen LogP contribution in [0.5, 0.6) is 0 Å². The summed E-state index contributed by atoms with van der Waals surface area (Å²) >= 11 is 15.6. The molecule has 0 aliphatic carbocycles. The largest absolute Gasteiger partial charge is 0.368 e. The van der Waals surface area contributed by atoms with Crippen molar-refractivity contribution >= 4 is 39.1 Å². The van der Waals surface area contributed by atoms with E-state index in [9.17, 15) is 0 Å². The topological polar surface area (TPSA) is 9.23 Å². The van der Waals surface area contributed by atoms with Crippen molar-refractivity contribution in [2.24, 2.45) is 0 Å². The van der Waals surface area contributed by atoms with Gasteiger partial charge < -0.3 is 4.74 Å². The Hall–Kier alpha value is -0.540. The monoisotopic (exact) mass is 358 g/mol. The highest BCUT2D eigenvalue weighted by Gasteiger charge is 2.13. The van der Waals surface area contributed by atoms with Crippen molar-refractivity contribution < 1.29 is 4.74 Å². The van der Waals surface area contributed by atoms with Gasteiger partial charge in [0.25, 0.3) is 0 Å². The lowest BCUT2D eigenvalue weighted by Gasteiger charge is -2.17. The maximum Gasteiger partial charge on any atom is 0.0940 e. The van der Waals surface area contributed by atoms with Crippen molar-refractivity contribution in [2.45, 2.75) is 12.7 Å². The highest BCUT2D eigenvalue weighted by atomic mass is 79.9. The molecule has 1 atom stereocenters. The summed E-state index contributed by atoms with van der Waals surface area (Å²) in [5.41, 5.74) is 2.04. The third kappa shape index (κ3) is 4.22. The maximum atomic E-state index is 6.18. The molecule has 0 bridgehead atoms. The Morgan fingerprint density at radius 3 is 2.53 bits per heavy atom. The van der Waals surface area contributed by atoms with Crippen molar-refractivity contribution in [1.82, 2.24) is 0 Å². The number of benzene rings is 2. The molecule has 0 fully saturated rings. The average Bonchev–Trinajstić information content (AvgIpc) is 2.41. The van der Waals surface area contributed by atoms with Crippen LogP contribution in [0, 0.1) is 0 Å². The average molecular weight is 360 g/mol. The van der Waals surface area contributed by atoms with E-state index in [4.69, 9.17) is 27.9 Å². The lowest BCUT2D eigenvalue weighted by molar-refractivity contribution is 0.0566. The Morgan fingerprint density at radius 2 is 1.84 bits per heavy atom. The van der Waals surface area contributed by atoms with Crippen molar-refractivity contribution in [3.63, 3.8) is 0 Å². The fourth-order valence-electron chi connectivity index (χ4n) is 1.78. The lowest BCUT2D eigenvalue weighted by atomic mass is 10.1. The summed E-state index contributed by atoms with van der Waals surface area (Å²) in [6.07, 6.45) is -0.0762. The Balaban J connectivity index is 2.06. The van der Waals surface area contributed by atoms with E-state index in [0.29, 0.717) is 17.0 Å². The number of halogens is 3. The van der Waals surface area contributed by atoms with Crippen LogP contribution >= 0.6 is 39.1 Å². The number of hydrogen-bond donors (Lipinski definition) is 0. The highest BCUT2D eigenvalue weighted by Crippen LogP contribution is 2.28. The Morgan fingerprint density at radius 1 is 1.05 bits per heavy atom. The molecule has 0 radical (unpaired) electrons. The van der Waals surface area contributed by atoms with E-state index in [1.54, 1.807) is 0 Å². The lowest BCUT2D eigenvalue weighted by Crippen LogP contribution is -2.06. The molecule has 2 aromatic carbocycles. The molecule has 4 heteroatoms. The van der Waals surface area contributed by atoms with Crippen LogP contribution in [0.25, 0.3) is 0 Å². The molecule has 0 spiro atoms. The van der Waals surface area contributed by atoms with Crippen LogP contribution in [0.2, 0.25) is 10.0 Å². The molecule has 0 heterocycles. The molecule has 0 aliphatic heterocycles. The van der Waals surface area contributed by atoms with Gasteiger partial charge in [-0.15, -0.1) is 0 Å². The summed E-state index contributed by atoms with van der Waals surface area (Å²) in [6.45, 7) is 0.502. The fraction of sp³-hybridized carbons (Fsp3) is 0.200. The summed E-state index contributed by atoms with van der Waals surface area (Å²) in [6, 6.07) is 15.4. The summed E-state index contributed by atoms with van der Waals surface area (Å²) in [7, 11) is 0. The second-order valence-electron chi connectivity index (χ2n) is 4.11. The Kier molecular flexibility index (Phi) is 5.71. The van der Waals surface area contributed by atoms with Crippen molar-refractivity contribution in [1.29, 1.82) is 0 Å². The van der Waals surface area contributed by atoms with Crippen LogP contribution in [-0.2, 0) is 11.3 Å². The standard InChI is InChI=1S/C15H13BrCl2O/c16-9-15(13-6-1-2-7-14(13)18)19-10-11-4-3-5-12(17)8-11/h1-8,15H,9-10H2. The smallest absolute Gasteiger partial charge is 0.0940 e. The first-order chi connectivity index (χ1) is 9.20. The van der Waals surface area contributed by atoms with Gasteiger partial charge in [0.1, 0.15) is 0 Å². The summed E-state index contributed by atoms with van der Waals surface area (Å²) in [5.74, 6) is 0. The third-order valence-corrected chi connectivity index (χ3v) is 3.90. The van der Waals surface area contributed by atoms with Gasteiger partial charge in [-0.3, -0.25) is 0 Å². The highest BCUT2D eigenvalue weighted by molar-refractivity contribution is 9.09. The van der Waals surface area contributed by atoms with Crippen LogP contribution in [-0.4, -0.2) is 5.33 Å². The molecule has 100 valence electrons. The molecule has 1 nitrogen and oxygen atoms in total. The first kappa shape index (κ1) is 14.9. The molecular formula is C15H13BrCl2O. The molecule has 0 saturated heterocycles. The van der Waals surface area contributed by atoms with E-state index in [2.05, 4.69) is 15.9 Å². The molecule has 1 unspecified atom stereocenters. The van der Waals surface area contributed by atoms with E-state index >= 15 is 0 Å². The van der Waals surface area contributed by atoms with Gasteiger partial charge in [0.05, 0.1) is 12.7 Å². The summed E-state index contributed by atoms with van der Waals surface area (Å²) < 4.78 is 5.91. The number of hydrogen-bond acceptors (Lipinski definition) is 1. The van der Waals surface area contributed by atoms with Crippen LogP contribution in [0.4, 0.5) is 0 Å². The number of ether oxygens (including phenoxy) is 1. The molecule has 0 amide bonds. The third-order valence-electron chi connectivity index (χ3n) is 2.73. The second kappa shape index (κ2) is 7.30. The van der Waals surface area contributed by atoms with Gasteiger partial charge in [-0.05, 0) is 23.8 Å². The Bertz CT molecular complexity index is 545. The van der Waals surface area contributed by atoms with Crippen molar-refractivity contribution in [3.8, 4) is 0 Å². The predicted octanol–water partition coefficient (Wildman–Crippen LogP) is 5.65. The van der Waals surface area contributed by atoms with Gasteiger partial charge in [-0.25, -0.2) is 0 Å². The SMILES string of the molecule is Clc1cccc(COC(CBr)c2ccccc2Cl)c1. The van der Waals surface area contributed by atoms with E-state index in [-0.39, 0.29) is 6.10 Å². The van der Waals surface area contributed by atoms with E-state index in [1.807, 2.05) is 48.5 Å². The minimum Gasteiger partial charge on any atom is -0.368 e. The minimum absolute atomic E-state index is 0.0762. The Labute approximate surface area is 131 Å². The summed E-state index contributed by atoms with van der Waals surface area (Å²) in [4.78, 5) is 0. The number of alkyl halides is 1. The first-order valence-corrected chi connectivity index (χ1v) is 7.75. The van der Waals surface area contributed by atoms with Crippen LogP contribution in [0.3, 0.4) is 0 Å². The van der Waals surface area contributed by atoms with Crippen molar-refractivity contribution in [2.75, 3.05) is 5.33 Å². The number of rotatable bonds is 5. The fourth-order valence-corrected chi connectivity index (χ4v) is 2.78. The quantitative estimate of drug-likeness (QED) is 0.627. The van der Waals surface area contributed by atoms with Gasteiger partial charge in [0.2, 0.25) is 0 Å². The second-order valence-corrected chi connectivity index (χ2v) is 5.60. The van der Waals surface area contributed by atoms with E-state index < -0.39 is 0 Å². The molecular weight excluding hydrogens is 347 g/mol. The van der Waals surface area contributed by atoms with Crippen LogP contribution < -0.4 is 0 Å². The molecule has 0 N–H and O–H groups in total. The van der Waals surface area contributed by atoms with Crippen LogP contribution in [0.15, 0.2) is 48.5 Å². The maximum absolute atomic E-state index is 6.18. The zero-order valence-corrected chi connectivity index (χ0v) is 13.3. The van der Waals surface area contributed by atoms with Gasteiger partial charge in [-0.1, -0.05) is 69.5 Å². The molecule has 19 heavy (non-hydrogen) atoms. The molecule has 0 aliphatic rings. The van der Waals surface area contributed by atoms with E-state index in [1.165, 1.54) is 0 Å². The predicted molar refractivity (Wildman–Crippen MR) is 84.2 cm³/mol. The molecule has 0 saturated carbocycles. The van der Waals surface area contributed by atoms with Crippen molar-refractivity contribution in [3.05, 3.63) is 69.7 Å².